The zero-order valence-electron chi connectivity index (χ0n) is 10.0. The standard InChI is InChI=1S/C12H26N/c1-10(2)12-6-8-13(5,9-7-12)11(3)4/h10-12H,6-9H2,1-5H3/q+1. The van der Waals surface area contributed by atoms with Gasteiger partial charge in [-0.05, 0) is 38.5 Å². The molecular formula is C12H26N+. The highest BCUT2D eigenvalue weighted by Crippen LogP contribution is 2.29. The third-order valence-electron chi connectivity index (χ3n) is 4.21. The van der Waals surface area contributed by atoms with Crippen LogP contribution in [0.4, 0.5) is 0 Å². The Morgan fingerprint density at radius 1 is 1.00 bits per heavy atom. The zero-order chi connectivity index (χ0) is 10.1. The van der Waals surface area contributed by atoms with Gasteiger partial charge in [0.2, 0.25) is 0 Å². The number of quaternary nitrogens is 1. The summed E-state index contributed by atoms with van der Waals surface area (Å²) in [5.41, 5.74) is 0. The van der Waals surface area contributed by atoms with Gasteiger partial charge in [0.15, 0.2) is 0 Å². The third kappa shape index (κ3) is 2.46. The summed E-state index contributed by atoms with van der Waals surface area (Å²) < 4.78 is 1.29. The highest BCUT2D eigenvalue weighted by molar-refractivity contribution is 4.68. The Kier molecular flexibility index (Phi) is 3.39. The van der Waals surface area contributed by atoms with E-state index in [4.69, 9.17) is 0 Å². The zero-order valence-corrected chi connectivity index (χ0v) is 10.0. The summed E-state index contributed by atoms with van der Waals surface area (Å²) >= 11 is 0. The van der Waals surface area contributed by atoms with Gasteiger partial charge in [0, 0.05) is 0 Å². The number of piperidine rings is 1. The fourth-order valence-electron chi connectivity index (χ4n) is 2.36. The van der Waals surface area contributed by atoms with Gasteiger partial charge < -0.3 is 4.48 Å². The predicted molar refractivity (Wildman–Crippen MR) is 58.6 cm³/mol. The lowest BCUT2D eigenvalue weighted by atomic mass is 9.85. The van der Waals surface area contributed by atoms with E-state index in [1.54, 1.807) is 0 Å². The minimum Gasteiger partial charge on any atom is -0.324 e. The molecule has 78 valence electrons. The summed E-state index contributed by atoms with van der Waals surface area (Å²) in [7, 11) is 2.42. The van der Waals surface area contributed by atoms with Crippen LogP contribution in [0.1, 0.15) is 40.5 Å². The van der Waals surface area contributed by atoms with Gasteiger partial charge >= 0.3 is 0 Å². The molecule has 0 atom stereocenters. The van der Waals surface area contributed by atoms with E-state index in [1.165, 1.54) is 30.4 Å². The fraction of sp³-hybridized carbons (Fsp3) is 1.00. The first-order chi connectivity index (χ1) is 5.96. The van der Waals surface area contributed by atoms with E-state index in [0.29, 0.717) is 0 Å². The van der Waals surface area contributed by atoms with Crippen molar-refractivity contribution in [2.75, 3.05) is 20.1 Å². The maximum atomic E-state index is 2.42. The van der Waals surface area contributed by atoms with Crippen molar-refractivity contribution in [2.24, 2.45) is 11.8 Å². The van der Waals surface area contributed by atoms with Crippen LogP contribution in [0.15, 0.2) is 0 Å². The maximum Gasteiger partial charge on any atom is 0.0831 e. The van der Waals surface area contributed by atoms with E-state index in [1.807, 2.05) is 0 Å². The van der Waals surface area contributed by atoms with Crippen molar-refractivity contribution in [3.8, 4) is 0 Å². The summed E-state index contributed by atoms with van der Waals surface area (Å²) in [6.45, 7) is 12.2. The molecule has 0 saturated carbocycles. The minimum absolute atomic E-state index is 0.799. The summed E-state index contributed by atoms with van der Waals surface area (Å²) in [6.07, 6.45) is 2.87. The summed E-state index contributed by atoms with van der Waals surface area (Å²) in [4.78, 5) is 0. The molecule has 1 saturated heterocycles. The van der Waals surface area contributed by atoms with Crippen LogP contribution in [-0.4, -0.2) is 30.7 Å². The molecule has 1 heterocycles. The van der Waals surface area contributed by atoms with E-state index in [2.05, 4.69) is 34.7 Å². The average molecular weight is 184 g/mol. The van der Waals surface area contributed by atoms with Gasteiger partial charge in [-0.2, -0.15) is 0 Å². The second kappa shape index (κ2) is 4.00. The summed E-state index contributed by atoms with van der Waals surface area (Å²) in [5, 5.41) is 0. The molecule has 0 spiro atoms. The summed E-state index contributed by atoms with van der Waals surface area (Å²) in [5.74, 6) is 1.88. The van der Waals surface area contributed by atoms with Gasteiger partial charge in [0.25, 0.3) is 0 Å². The lowest BCUT2D eigenvalue weighted by Gasteiger charge is -2.44. The van der Waals surface area contributed by atoms with Crippen molar-refractivity contribution in [1.82, 2.24) is 0 Å². The van der Waals surface area contributed by atoms with Crippen molar-refractivity contribution >= 4 is 0 Å². The smallest absolute Gasteiger partial charge is 0.0831 e. The first-order valence-corrected chi connectivity index (χ1v) is 5.80. The van der Waals surface area contributed by atoms with Crippen LogP contribution in [0, 0.1) is 11.8 Å². The van der Waals surface area contributed by atoms with Crippen molar-refractivity contribution in [3.63, 3.8) is 0 Å². The molecule has 1 rings (SSSR count). The SMILES string of the molecule is CC(C)C1CC[N+](C)(C(C)C)CC1. The second-order valence-electron chi connectivity index (χ2n) is 5.60. The van der Waals surface area contributed by atoms with Gasteiger partial charge in [0.05, 0.1) is 26.2 Å². The van der Waals surface area contributed by atoms with E-state index >= 15 is 0 Å². The molecule has 0 aromatic carbocycles. The van der Waals surface area contributed by atoms with E-state index < -0.39 is 0 Å². The average Bonchev–Trinajstić information content (AvgIpc) is 2.04. The fourth-order valence-corrected chi connectivity index (χ4v) is 2.36. The minimum atomic E-state index is 0.799. The van der Waals surface area contributed by atoms with Crippen molar-refractivity contribution < 1.29 is 4.48 Å². The highest BCUT2D eigenvalue weighted by atomic mass is 15.4. The maximum absolute atomic E-state index is 2.42. The molecular weight excluding hydrogens is 158 g/mol. The third-order valence-corrected chi connectivity index (χ3v) is 4.21. The first-order valence-electron chi connectivity index (χ1n) is 5.80. The molecule has 0 radical (unpaired) electrons. The van der Waals surface area contributed by atoms with Gasteiger partial charge in [0.1, 0.15) is 0 Å². The molecule has 0 aromatic heterocycles. The van der Waals surface area contributed by atoms with E-state index in [9.17, 15) is 0 Å². The lowest BCUT2D eigenvalue weighted by Crippen LogP contribution is -2.54. The number of likely N-dealkylation sites (tertiary alicyclic amines) is 1. The quantitative estimate of drug-likeness (QED) is 0.579. The molecule has 13 heavy (non-hydrogen) atoms. The first kappa shape index (κ1) is 11.0. The van der Waals surface area contributed by atoms with Crippen molar-refractivity contribution in [2.45, 2.75) is 46.6 Å². The monoisotopic (exact) mass is 184 g/mol. The van der Waals surface area contributed by atoms with Gasteiger partial charge in [-0.25, -0.2) is 0 Å². The largest absolute Gasteiger partial charge is 0.324 e. The molecule has 1 aliphatic heterocycles. The second-order valence-corrected chi connectivity index (χ2v) is 5.60. The molecule has 0 unspecified atom stereocenters. The number of hydrogen-bond acceptors (Lipinski definition) is 0. The van der Waals surface area contributed by atoms with Gasteiger partial charge in [-0.15, -0.1) is 0 Å². The Hall–Kier alpha value is -0.0400. The molecule has 1 aliphatic rings. The Labute approximate surface area is 83.7 Å². The van der Waals surface area contributed by atoms with Crippen molar-refractivity contribution in [3.05, 3.63) is 0 Å². The van der Waals surface area contributed by atoms with Crippen LogP contribution in [-0.2, 0) is 0 Å². The van der Waals surface area contributed by atoms with Crippen LogP contribution in [0.5, 0.6) is 0 Å². The van der Waals surface area contributed by atoms with Crippen LogP contribution in [0.2, 0.25) is 0 Å². The molecule has 1 heteroatoms. The Morgan fingerprint density at radius 2 is 1.46 bits per heavy atom. The number of rotatable bonds is 2. The van der Waals surface area contributed by atoms with Crippen LogP contribution < -0.4 is 0 Å². The normalized spacial score (nSPS) is 35.8. The molecule has 1 nitrogen and oxygen atoms in total. The van der Waals surface area contributed by atoms with Crippen LogP contribution in [0.3, 0.4) is 0 Å². The molecule has 0 amide bonds. The molecule has 0 bridgehead atoms. The summed E-state index contributed by atoms with van der Waals surface area (Å²) in [6, 6.07) is 0.799. The molecule has 0 N–H and O–H groups in total. The number of hydrogen-bond donors (Lipinski definition) is 0. The Morgan fingerprint density at radius 3 is 1.77 bits per heavy atom. The molecule has 1 fully saturated rings. The number of nitrogens with zero attached hydrogens (tertiary/aromatic N) is 1. The van der Waals surface area contributed by atoms with Crippen LogP contribution >= 0.6 is 0 Å². The van der Waals surface area contributed by atoms with E-state index in [-0.39, 0.29) is 0 Å². The van der Waals surface area contributed by atoms with Crippen LogP contribution in [0.25, 0.3) is 0 Å². The molecule has 0 aliphatic carbocycles. The Balaban J connectivity index is 2.47. The van der Waals surface area contributed by atoms with Gasteiger partial charge in [-0.1, -0.05) is 13.8 Å². The highest BCUT2D eigenvalue weighted by Gasteiger charge is 2.33. The van der Waals surface area contributed by atoms with E-state index in [0.717, 1.165) is 17.9 Å². The molecule has 0 aromatic rings. The Bertz CT molecular complexity index is 153. The topological polar surface area (TPSA) is 0 Å². The van der Waals surface area contributed by atoms with Crippen molar-refractivity contribution in [1.29, 1.82) is 0 Å². The van der Waals surface area contributed by atoms with Gasteiger partial charge in [-0.3, -0.25) is 0 Å². The lowest BCUT2D eigenvalue weighted by molar-refractivity contribution is -0.935. The predicted octanol–water partition coefficient (Wildman–Crippen LogP) is 2.91.